The van der Waals surface area contributed by atoms with Crippen molar-refractivity contribution in [2.45, 2.75) is 19.9 Å². The molecule has 3 rings (SSSR count). The van der Waals surface area contributed by atoms with Crippen LogP contribution in [-0.2, 0) is 4.79 Å². The van der Waals surface area contributed by atoms with Crippen molar-refractivity contribution in [3.63, 3.8) is 0 Å². The number of hydrogen-bond acceptors (Lipinski definition) is 3. The van der Waals surface area contributed by atoms with E-state index < -0.39 is 12.1 Å². The summed E-state index contributed by atoms with van der Waals surface area (Å²) in [6, 6.07) is 12.6. The van der Waals surface area contributed by atoms with Gasteiger partial charge in [0, 0.05) is 16.3 Å². The second-order valence-corrected chi connectivity index (χ2v) is 6.45. The molecule has 2 aromatic rings. The molecule has 128 valence electrons. The first-order chi connectivity index (χ1) is 11.9. The molecule has 0 spiro atoms. The van der Waals surface area contributed by atoms with Crippen LogP contribution in [-0.4, -0.2) is 35.2 Å². The predicted octanol–water partition coefficient (Wildman–Crippen LogP) is 3.69. The molecule has 2 aromatic carbocycles. The lowest BCUT2D eigenvalue weighted by Gasteiger charge is -2.19. The number of ketones is 1. The van der Waals surface area contributed by atoms with Gasteiger partial charge in [0.05, 0.1) is 6.54 Å². The molecule has 1 saturated heterocycles. The Balaban J connectivity index is 1.81. The van der Waals surface area contributed by atoms with E-state index in [2.05, 4.69) is 0 Å². The van der Waals surface area contributed by atoms with Gasteiger partial charge in [-0.3, -0.25) is 19.4 Å². The van der Waals surface area contributed by atoms with Crippen LogP contribution in [0.25, 0.3) is 0 Å². The van der Waals surface area contributed by atoms with Gasteiger partial charge in [-0.15, -0.1) is 0 Å². The molecule has 1 aliphatic heterocycles. The number of hydrogen-bond donors (Lipinski definition) is 0. The lowest BCUT2D eigenvalue weighted by atomic mass is 10.1. The van der Waals surface area contributed by atoms with E-state index in [0.29, 0.717) is 16.3 Å². The molecule has 25 heavy (non-hydrogen) atoms. The minimum atomic E-state index is -0.645. The Bertz CT molecular complexity index is 831. The number of benzene rings is 2. The number of Topliss-reactive ketones (excluding diaryl/α,β-unsaturated/α-hetero) is 1. The third kappa shape index (κ3) is 3.28. The van der Waals surface area contributed by atoms with Gasteiger partial charge < -0.3 is 0 Å². The van der Waals surface area contributed by atoms with Crippen molar-refractivity contribution in [2.75, 3.05) is 11.4 Å². The van der Waals surface area contributed by atoms with Crippen LogP contribution < -0.4 is 4.90 Å². The van der Waals surface area contributed by atoms with Gasteiger partial charge in [0.2, 0.25) is 0 Å². The topological polar surface area (TPSA) is 57.7 Å². The van der Waals surface area contributed by atoms with Crippen molar-refractivity contribution in [1.29, 1.82) is 0 Å². The minimum absolute atomic E-state index is 0.286. The molecular weight excluding hydrogens is 340 g/mol. The fraction of sp³-hybridized carbons (Fsp3) is 0.211. The Morgan fingerprint density at radius 2 is 1.64 bits per heavy atom. The Kier molecular flexibility index (Phi) is 4.59. The summed E-state index contributed by atoms with van der Waals surface area (Å²) in [5.41, 5.74) is 2.11. The van der Waals surface area contributed by atoms with E-state index in [0.717, 1.165) is 10.5 Å². The zero-order chi connectivity index (χ0) is 18.1. The van der Waals surface area contributed by atoms with Crippen molar-refractivity contribution < 1.29 is 14.4 Å². The Hall–Kier alpha value is -2.66. The van der Waals surface area contributed by atoms with Crippen LogP contribution in [0.3, 0.4) is 0 Å². The Labute approximate surface area is 150 Å². The van der Waals surface area contributed by atoms with E-state index in [9.17, 15) is 14.4 Å². The summed E-state index contributed by atoms with van der Waals surface area (Å²) < 4.78 is 0. The molecule has 1 heterocycles. The molecule has 1 atom stereocenters. The molecule has 0 aliphatic carbocycles. The summed E-state index contributed by atoms with van der Waals surface area (Å²) in [5, 5.41) is 0.518. The lowest BCUT2D eigenvalue weighted by molar-refractivity contribution is -0.126. The summed E-state index contributed by atoms with van der Waals surface area (Å²) in [5.74, 6) is -0.691. The SMILES string of the molecule is Cc1ccc(N2C(=O)N(CC(=O)c3ccc(Cl)cc3)C(=O)C2C)cc1. The zero-order valence-electron chi connectivity index (χ0n) is 13.9. The maximum atomic E-state index is 12.7. The first-order valence-electron chi connectivity index (χ1n) is 7.88. The maximum Gasteiger partial charge on any atom is 0.332 e. The Morgan fingerprint density at radius 1 is 1.04 bits per heavy atom. The summed E-state index contributed by atoms with van der Waals surface area (Å²) in [7, 11) is 0. The zero-order valence-corrected chi connectivity index (χ0v) is 14.7. The van der Waals surface area contributed by atoms with Crippen molar-refractivity contribution in [1.82, 2.24) is 4.90 Å². The van der Waals surface area contributed by atoms with Gasteiger partial charge in [0.1, 0.15) is 6.04 Å². The number of aryl methyl sites for hydroxylation is 1. The lowest BCUT2D eigenvalue weighted by Crippen LogP contribution is -2.37. The highest BCUT2D eigenvalue weighted by Gasteiger charge is 2.44. The molecule has 1 aliphatic rings. The number of halogens is 1. The van der Waals surface area contributed by atoms with Gasteiger partial charge in [-0.1, -0.05) is 29.3 Å². The van der Waals surface area contributed by atoms with Gasteiger partial charge in [0.15, 0.2) is 5.78 Å². The molecular formula is C19H17ClN2O3. The molecule has 0 N–H and O–H groups in total. The number of amides is 3. The summed E-state index contributed by atoms with van der Waals surface area (Å²) >= 11 is 5.81. The third-order valence-electron chi connectivity index (χ3n) is 4.23. The standard InChI is InChI=1S/C19H17ClN2O3/c1-12-3-9-16(10-4-12)22-13(2)18(24)21(19(22)25)11-17(23)14-5-7-15(20)8-6-14/h3-10,13H,11H2,1-2H3. The number of urea groups is 1. The number of carbonyl (C=O) groups is 3. The monoisotopic (exact) mass is 356 g/mol. The molecule has 0 bridgehead atoms. The number of nitrogens with zero attached hydrogens (tertiary/aromatic N) is 2. The molecule has 1 fully saturated rings. The van der Waals surface area contributed by atoms with Gasteiger partial charge in [-0.25, -0.2) is 4.79 Å². The largest absolute Gasteiger partial charge is 0.332 e. The molecule has 3 amide bonds. The van der Waals surface area contributed by atoms with Crippen molar-refractivity contribution >= 4 is 35.0 Å². The Morgan fingerprint density at radius 3 is 2.24 bits per heavy atom. The summed E-state index contributed by atoms with van der Waals surface area (Å²) in [6.45, 7) is 3.32. The van der Waals surface area contributed by atoms with Crippen LogP contribution in [0, 0.1) is 6.92 Å². The molecule has 5 nitrogen and oxygen atoms in total. The first-order valence-corrected chi connectivity index (χ1v) is 8.26. The van der Waals surface area contributed by atoms with E-state index in [4.69, 9.17) is 11.6 Å². The number of imide groups is 1. The number of anilines is 1. The fourth-order valence-electron chi connectivity index (χ4n) is 2.78. The van der Waals surface area contributed by atoms with E-state index in [-0.39, 0.29) is 18.2 Å². The second-order valence-electron chi connectivity index (χ2n) is 6.02. The highest BCUT2D eigenvalue weighted by atomic mass is 35.5. The first kappa shape index (κ1) is 17.2. The molecule has 0 radical (unpaired) electrons. The molecule has 6 heteroatoms. The molecule has 0 saturated carbocycles. The van der Waals surface area contributed by atoms with Crippen molar-refractivity contribution in [2.24, 2.45) is 0 Å². The van der Waals surface area contributed by atoms with E-state index in [1.54, 1.807) is 43.3 Å². The molecule has 1 unspecified atom stereocenters. The average molecular weight is 357 g/mol. The van der Waals surface area contributed by atoms with Crippen LogP contribution in [0.5, 0.6) is 0 Å². The predicted molar refractivity (Wildman–Crippen MR) is 96.0 cm³/mol. The van der Waals surface area contributed by atoms with Crippen molar-refractivity contribution in [3.8, 4) is 0 Å². The van der Waals surface area contributed by atoms with E-state index in [1.807, 2.05) is 19.1 Å². The smallest absolute Gasteiger partial charge is 0.292 e. The van der Waals surface area contributed by atoms with Gasteiger partial charge in [-0.2, -0.15) is 0 Å². The van der Waals surface area contributed by atoms with Crippen molar-refractivity contribution in [3.05, 3.63) is 64.7 Å². The van der Waals surface area contributed by atoms with Gasteiger partial charge in [-0.05, 0) is 50.2 Å². The van der Waals surface area contributed by atoms with Crippen LogP contribution in [0.15, 0.2) is 48.5 Å². The quantitative estimate of drug-likeness (QED) is 0.620. The normalized spacial score (nSPS) is 17.3. The van der Waals surface area contributed by atoms with Crippen LogP contribution in [0.4, 0.5) is 10.5 Å². The van der Waals surface area contributed by atoms with Crippen LogP contribution in [0.1, 0.15) is 22.8 Å². The second kappa shape index (κ2) is 6.69. The maximum absolute atomic E-state index is 12.7. The molecule has 0 aromatic heterocycles. The summed E-state index contributed by atoms with van der Waals surface area (Å²) in [4.78, 5) is 40.0. The number of rotatable bonds is 4. The van der Waals surface area contributed by atoms with E-state index in [1.165, 1.54) is 4.90 Å². The third-order valence-corrected chi connectivity index (χ3v) is 4.48. The average Bonchev–Trinajstić information content (AvgIpc) is 2.80. The highest BCUT2D eigenvalue weighted by Crippen LogP contribution is 2.26. The van der Waals surface area contributed by atoms with Gasteiger partial charge >= 0.3 is 6.03 Å². The number of carbonyl (C=O) groups excluding carboxylic acids is 3. The fourth-order valence-corrected chi connectivity index (χ4v) is 2.91. The summed E-state index contributed by atoms with van der Waals surface area (Å²) in [6.07, 6.45) is 0. The van der Waals surface area contributed by atoms with Crippen LogP contribution in [0.2, 0.25) is 5.02 Å². The highest BCUT2D eigenvalue weighted by molar-refractivity contribution is 6.30. The van der Waals surface area contributed by atoms with Gasteiger partial charge in [0.25, 0.3) is 5.91 Å². The minimum Gasteiger partial charge on any atom is -0.292 e. The van der Waals surface area contributed by atoms with E-state index >= 15 is 0 Å². The van der Waals surface area contributed by atoms with Crippen LogP contribution >= 0.6 is 11.6 Å².